The Hall–Kier alpha value is 0.0839. The van der Waals surface area contributed by atoms with E-state index in [0.29, 0.717) is 18.3 Å². The van der Waals surface area contributed by atoms with Crippen LogP contribution in [0.2, 0.25) is 0 Å². The molecule has 0 unspecified atom stereocenters. The summed E-state index contributed by atoms with van der Waals surface area (Å²) < 4.78 is 0. The summed E-state index contributed by atoms with van der Waals surface area (Å²) in [4.78, 5) is 0. The molecule has 0 aromatic heterocycles. The zero-order valence-corrected chi connectivity index (χ0v) is 13.5. The Kier molecular flexibility index (Phi) is 11.8. The van der Waals surface area contributed by atoms with Gasteiger partial charge in [0, 0.05) is 39.3 Å². The number of aromatic hydroxyl groups is 1. The van der Waals surface area contributed by atoms with E-state index in [0.717, 1.165) is 17.5 Å². The molecule has 16 heavy (non-hydrogen) atoms. The van der Waals surface area contributed by atoms with Crippen molar-refractivity contribution < 1.29 is 42.9 Å². The van der Waals surface area contributed by atoms with E-state index >= 15 is 0 Å². The smallest absolute Gasteiger partial charge is 0.118 e. The number of rotatable bonds is 2. The Morgan fingerprint density at radius 3 is 2.00 bits per heavy atom. The summed E-state index contributed by atoms with van der Waals surface area (Å²) in [5.41, 5.74) is 2.03. The quantitative estimate of drug-likeness (QED) is 0.881. The fourth-order valence-corrected chi connectivity index (χ4v) is 0.978. The number of phenols is 1. The Morgan fingerprint density at radius 2 is 1.75 bits per heavy atom. The molecule has 0 saturated heterocycles. The van der Waals surface area contributed by atoms with Crippen molar-refractivity contribution in [1.29, 1.82) is 0 Å². The molecular weight excluding hydrogens is 277 g/mol. The van der Waals surface area contributed by atoms with E-state index in [-0.39, 0.29) is 32.7 Å². The van der Waals surface area contributed by atoms with Gasteiger partial charge in [0.15, 0.2) is 0 Å². The minimum Gasteiger partial charge on any atom is -0.508 e. The second kappa shape index (κ2) is 10.3. The summed E-state index contributed by atoms with van der Waals surface area (Å²) in [5, 5.41) is 17.3. The monoisotopic (exact) mass is 299 g/mol. The molecule has 0 saturated carbocycles. The third-order valence-corrected chi connectivity index (χ3v) is 2.07. The number of aliphatic hydroxyl groups excluding tert-OH is 1. The third-order valence-electron chi connectivity index (χ3n) is 2.07. The zero-order chi connectivity index (χ0) is 11.8. The van der Waals surface area contributed by atoms with Crippen molar-refractivity contribution in [3.05, 3.63) is 29.3 Å². The first-order valence-corrected chi connectivity index (χ1v) is 5.34. The molecule has 1 rings (SSSR count). The molecule has 0 fully saturated rings. The molecule has 2 nitrogen and oxygen atoms in total. The second-order valence-corrected chi connectivity index (χ2v) is 4.20. The van der Waals surface area contributed by atoms with Crippen molar-refractivity contribution in [1.82, 2.24) is 0 Å². The van der Waals surface area contributed by atoms with Crippen LogP contribution in [-0.2, 0) is 32.7 Å². The molecule has 3 heteroatoms. The fourth-order valence-electron chi connectivity index (χ4n) is 0.978. The molecule has 0 spiro atoms. The Bertz CT molecular complexity index is 285. The van der Waals surface area contributed by atoms with Crippen LogP contribution in [0.3, 0.4) is 0 Å². The van der Waals surface area contributed by atoms with E-state index in [4.69, 9.17) is 10.2 Å². The van der Waals surface area contributed by atoms with E-state index in [1.807, 2.05) is 26.0 Å². The van der Waals surface area contributed by atoms with Gasteiger partial charge < -0.3 is 10.2 Å². The van der Waals surface area contributed by atoms with Crippen LogP contribution in [0, 0.1) is 19.8 Å². The number of phenolic OH excluding ortho intramolecular Hbond substituents is 1. The molecule has 0 aliphatic carbocycles. The van der Waals surface area contributed by atoms with Gasteiger partial charge in [-0.05, 0) is 43.4 Å². The predicted octanol–water partition coefficient (Wildman–Crippen LogP) is 3.03. The van der Waals surface area contributed by atoms with E-state index in [9.17, 15) is 0 Å². The first-order chi connectivity index (χ1) is 6.97. The zero-order valence-electron chi connectivity index (χ0n) is 10.7. The largest absolute Gasteiger partial charge is 0.508 e. The second-order valence-electron chi connectivity index (χ2n) is 4.20. The molecule has 0 amide bonds. The van der Waals surface area contributed by atoms with E-state index in [1.54, 1.807) is 6.07 Å². The van der Waals surface area contributed by atoms with Gasteiger partial charge in [0.1, 0.15) is 5.75 Å². The van der Waals surface area contributed by atoms with Crippen LogP contribution in [-0.4, -0.2) is 16.8 Å². The normalized spacial score (nSPS) is 9.12. The van der Waals surface area contributed by atoms with Crippen LogP contribution in [0.4, 0.5) is 0 Å². The number of aryl methyl sites for hydroxylation is 2. The van der Waals surface area contributed by atoms with Gasteiger partial charge in [-0.15, -0.1) is 0 Å². The van der Waals surface area contributed by atoms with Gasteiger partial charge in [0.25, 0.3) is 0 Å². The summed E-state index contributed by atoms with van der Waals surface area (Å²) >= 11 is 0. The van der Waals surface area contributed by atoms with E-state index < -0.39 is 0 Å². The molecule has 0 atom stereocenters. The maximum absolute atomic E-state index is 9.10. The molecule has 0 aliphatic heterocycles. The summed E-state index contributed by atoms with van der Waals surface area (Å²) in [5.74, 6) is 1.03. The van der Waals surface area contributed by atoms with E-state index in [2.05, 4.69) is 13.8 Å². The maximum atomic E-state index is 9.10. The summed E-state index contributed by atoms with van der Waals surface area (Å²) in [6, 6.07) is 5.65. The van der Waals surface area contributed by atoms with Gasteiger partial charge in [0.05, 0.1) is 0 Å². The first kappa shape index (κ1) is 18.4. The average Bonchev–Trinajstić information content (AvgIpc) is 2.13. The summed E-state index contributed by atoms with van der Waals surface area (Å²) in [6.45, 7) is 8.36. The van der Waals surface area contributed by atoms with Crippen molar-refractivity contribution in [2.75, 3.05) is 6.61 Å². The number of aliphatic hydroxyl groups is 1. The van der Waals surface area contributed by atoms with Crippen LogP contribution in [0.1, 0.15) is 31.4 Å². The molecule has 0 heterocycles. The summed E-state index contributed by atoms with van der Waals surface area (Å²) in [7, 11) is 0. The maximum Gasteiger partial charge on any atom is 0.118 e. The fraction of sp³-hybridized carbons (Fsp3) is 0.538. The molecule has 0 aliphatic rings. The van der Waals surface area contributed by atoms with Crippen LogP contribution in [0.5, 0.6) is 5.75 Å². The number of hydrogen-bond acceptors (Lipinski definition) is 2. The Morgan fingerprint density at radius 1 is 1.19 bits per heavy atom. The van der Waals surface area contributed by atoms with Crippen molar-refractivity contribution in [2.45, 2.75) is 34.1 Å². The van der Waals surface area contributed by atoms with Gasteiger partial charge in [-0.1, -0.05) is 26.0 Å². The molecule has 0 bridgehead atoms. The molecule has 1 aromatic carbocycles. The van der Waals surface area contributed by atoms with Gasteiger partial charge in [-0.2, -0.15) is 0 Å². The van der Waals surface area contributed by atoms with Crippen molar-refractivity contribution in [3.8, 4) is 5.75 Å². The minimum atomic E-state index is 0. The first-order valence-electron chi connectivity index (χ1n) is 5.34. The molecule has 89 valence electrons. The van der Waals surface area contributed by atoms with Gasteiger partial charge in [-0.25, -0.2) is 0 Å². The standard InChI is InChI=1S/C8H10O.C5H12O.Y/c1-6-3-4-7(2)8(9)5-6;1-5(2)3-4-6;/h3-5,9H,1-2H3;5-6H,3-4H2,1-2H3;. The Balaban J connectivity index is 0. The molecule has 2 N–H and O–H groups in total. The minimum absolute atomic E-state index is 0. The predicted molar refractivity (Wildman–Crippen MR) is 64.1 cm³/mol. The van der Waals surface area contributed by atoms with Crippen molar-refractivity contribution in [2.24, 2.45) is 5.92 Å². The van der Waals surface area contributed by atoms with E-state index in [1.165, 1.54) is 0 Å². The van der Waals surface area contributed by atoms with Gasteiger partial charge in [0.2, 0.25) is 0 Å². The topological polar surface area (TPSA) is 40.5 Å². The van der Waals surface area contributed by atoms with Crippen LogP contribution >= 0.6 is 0 Å². The summed E-state index contributed by atoms with van der Waals surface area (Å²) in [6.07, 6.45) is 0.931. The average molecular weight is 299 g/mol. The number of hydrogen-bond donors (Lipinski definition) is 2. The number of benzene rings is 1. The van der Waals surface area contributed by atoms with Crippen molar-refractivity contribution >= 4 is 0 Å². The van der Waals surface area contributed by atoms with Crippen molar-refractivity contribution in [3.63, 3.8) is 0 Å². The van der Waals surface area contributed by atoms with Gasteiger partial charge >= 0.3 is 0 Å². The molecule has 1 aromatic rings. The van der Waals surface area contributed by atoms with Gasteiger partial charge in [-0.3, -0.25) is 0 Å². The molecular formula is C13H22O2Y. The molecule has 1 radical (unpaired) electrons. The van der Waals surface area contributed by atoms with Crippen LogP contribution in [0.25, 0.3) is 0 Å². The SMILES string of the molecule is CC(C)CCO.Cc1ccc(C)c(O)c1.[Y]. The Labute approximate surface area is 124 Å². The van der Waals surface area contributed by atoms with Crippen LogP contribution < -0.4 is 0 Å². The van der Waals surface area contributed by atoms with Crippen LogP contribution in [0.15, 0.2) is 18.2 Å². The third kappa shape index (κ3) is 9.32.